The Morgan fingerprint density at radius 2 is 2.00 bits per heavy atom. The van der Waals surface area contributed by atoms with Gasteiger partial charge in [0.25, 0.3) is 5.91 Å². The van der Waals surface area contributed by atoms with Gasteiger partial charge in [-0.25, -0.2) is 0 Å². The number of carboxylic acid groups (broad SMARTS) is 1. The smallest absolute Gasteiger partial charge is 0.313 e. The topological polar surface area (TPSA) is 66.4 Å². The predicted octanol–water partition coefficient (Wildman–Crippen LogP) is 2.54. The Kier molecular flexibility index (Phi) is 6.32. The van der Waals surface area contributed by atoms with Crippen molar-refractivity contribution in [3.8, 4) is 0 Å². The molecule has 1 aromatic rings. The Morgan fingerprint density at radius 3 is 2.61 bits per heavy atom. The van der Waals surface area contributed by atoms with Crippen LogP contribution in [0.25, 0.3) is 0 Å². The van der Waals surface area contributed by atoms with Gasteiger partial charge in [0.15, 0.2) is 0 Å². The summed E-state index contributed by atoms with van der Waals surface area (Å²) in [6.07, 6.45) is 0. The molecule has 0 saturated carbocycles. The van der Waals surface area contributed by atoms with Crippen molar-refractivity contribution >= 4 is 46.8 Å². The SMILES string of the molecule is O=C(O)CSCCNC(=O)c1ccc(Cl)c(Cl)c1. The highest BCUT2D eigenvalue weighted by molar-refractivity contribution is 7.99. The Bertz CT molecular complexity index is 454. The highest BCUT2D eigenvalue weighted by atomic mass is 35.5. The van der Waals surface area contributed by atoms with E-state index in [0.717, 1.165) is 0 Å². The van der Waals surface area contributed by atoms with Gasteiger partial charge in [0.1, 0.15) is 0 Å². The van der Waals surface area contributed by atoms with Crippen molar-refractivity contribution < 1.29 is 14.7 Å². The summed E-state index contributed by atoms with van der Waals surface area (Å²) < 4.78 is 0. The molecule has 18 heavy (non-hydrogen) atoms. The summed E-state index contributed by atoms with van der Waals surface area (Å²) in [6, 6.07) is 4.62. The molecule has 0 heterocycles. The van der Waals surface area contributed by atoms with Crippen LogP contribution in [0.5, 0.6) is 0 Å². The molecule has 0 aromatic heterocycles. The maximum absolute atomic E-state index is 11.7. The first kappa shape index (κ1) is 15.1. The first-order valence-corrected chi connectivity index (χ1v) is 6.94. The second-order valence-electron chi connectivity index (χ2n) is 3.33. The van der Waals surface area contributed by atoms with Crippen molar-refractivity contribution in [1.29, 1.82) is 0 Å². The van der Waals surface area contributed by atoms with Crippen molar-refractivity contribution in [2.75, 3.05) is 18.1 Å². The Hall–Kier alpha value is -0.910. The third-order valence-corrected chi connectivity index (χ3v) is 3.62. The number of halogens is 2. The van der Waals surface area contributed by atoms with Crippen LogP contribution in [-0.4, -0.2) is 35.0 Å². The molecule has 0 atom stereocenters. The standard InChI is InChI=1S/C11H11Cl2NO3S/c12-8-2-1-7(5-9(8)13)11(17)14-3-4-18-6-10(15)16/h1-2,5H,3-4,6H2,(H,14,17)(H,15,16). The quantitative estimate of drug-likeness (QED) is 0.793. The Morgan fingerprint density at radius 1 is 1.28 bits per heavy atom. The van der Waals surface area contributed by atoms with Crippen molar-refractivity contribution in [2.24, 2.45) is 0 Å². The van der Waals surface area contributed by atoms with E-state index in [9.17, 15) is 9.59 Å². The molecule has 0 aliphatic heterocycles. The van der Waals surface area contributed by atoms with Gasteiger partial charge in [-0.3, -0.25) is 9.59 Å². The number of thioether (sulfide) groups is 1. The number of benzene rings is 1. The van der Waals surface area contributed by atoms with E-state index in [1.807, 2.05) is 0 Å². The lowest BCUT2D eigenvalue weighted by molar-refractivity contribution is -0.133. The molecule has 1 rings (SSSR count). The summed E-state index contributed by atoms with van der Waals surface area (Å²) in [4.78, 5) is 21.9. The normalized spacial score (nSPS) is 10.1. The van der Waals surface area contributed by atoms with Gasteiger partial charge in [-0.15, -0.1) is 11.8 Å². The van der Waals surface area contributed by atoms with Crippen LogP contribution in [0.3, 0.4) is 0 Å². The molecule has 0 unspecified atom stereocenters. The van der Waals surface area contributed by atoms with Crippen molar-refractivity contribution in [2.45, 2.75) is 0 Å². The fourth-order valence-corrected chi connectivity index (χ4v) is 2.00. The average molecular weight is 308 g/mol. The van der Waals surface area contributed by atoms with Crippen LogP contribution in [0.1, 0.15) is 10.4 Å². The maximum atomic E-state index is 11.7. The van der Waals surface area contributed by atoms with Gasteiger partial charge in [-0.05, 0) is 18.2 Å². The molecular weight excluding hydrogens is 297 g/mol. The molecular formula is C11H11Cl2NO3S. The van der Waals surface area contributed by atoms with Crippen LogP contribution in [0.15, 0.2) is 18.2 Å². The van der Waals surface area contributed by atoms with E-state index in [1.165, 1.54) is 17.8 Å². The van der Waals surface area contributed by atoms with Crippen LogP contribution in [0.2, 0.25) is 10.0 Å². The molecule has 0 radical (unpaired) electrons. The number of carbonyl (C=O) groups is 2. The monoisotopic (exact) mass is 307 g/mol. The van der Waals surface area contributed by atoms with Gasteiger partial charge >= 0.3 is 5.97 Å². The number of hydrogen-bond acceptors (Lipinski definition) is 3. The molecule has 4 nitrogen and oxygen atoms in total. The van der Waals surface area contributed by atoms with E-state index in [4.69, 9.17) is 28.3 Å². The van der Waals surface area contributed by atoms with Crippen LogP contribution in [-0.2, 0) is 4.79 Å². The molecule has 1 aromatic carbocycles. The third kappa shape index (κ3) is 5.16. The average Bonchev–Trinajstić information content (AvgIpc) is 2.31. The van der Waals surface area contributed by atoms with E-state index >= 15 is 0 Å². The first-order valence-electron chi connectivity index (χ1n) is 5.03. The zero-order chi connectivity index (χ0) is 13.5. The Balaban J connectivity index is 2.36. The molecule has 0 saturated heterocycles. The largest absolute Gasteiger partial charge is 0.481 e. The third-order valence-electron chi connectivity index (χ3n) is 1.94. The predicted molar refractivity (Wildman–Crippen MR) is 73.8 cm³/mol. The number of aliphatic carboxylic acids is 1. The minimum Gasteiger partial charge on any atom is -0.481 e. The van der Waals surface area contributed by atoms with Gasteiger partial charge in [-0.2, -0.15) is 0 Å². The van der Waals surface area contributed by atoms with Gasteiger partial charge in [0, 0.05) is 17.9 Å². The lowest BCUT2D eigenvalue weighted by Gasteiger charge is -2.05. The summed E-state index contributed by atoms with van der Waals surface area (Å²) >= 11 is 12.8. The van der Waals surface area contributed by atoms with E-state index in [2.05, 4.69) is 5.32 Å². The number of carbonyl (C=O) groups excluding carboxylic acids is 1. The summed E-state index contributed by atoms with van der Waals surface area (Å²) in [6.45, 7) is 0.400. The molecule has 98 valence electrons. The second-order valence-corrected chi connectivity index (χ2v) is 5.25. The molecule has 0 fully saturated rings. The van der Waals surface area contributed by atoms with Crippen LogP contribution >= 0.6 is 35.0 Å². The second kappa shape index (κ2) is 7.51. The summed E-state index contributed by atoms with van der Waals surface area (Å²) in [5, 5.41) is 11.8. The van der Waals surface area contributed by atoms with E-state index in [0.29, 0.717) is 27.9 Å². The fraction of sp³-hybridized carbons (Fsp3) is 0.273. The zero-order valence-electron chi connectivity index (χ0n) is 9.28. The number of amides is 1. The number of carboxylic acids is 1. The van der Waals surface area contributed by atoms with Crippen molar-refractivity contribution in [3.05, 3.63) is 33.8 Å². The van der Waals surface area contributed by atoms with Crippen LogP contribution < -0.4 is 5.32 Å². The van der Waals surface area contributed by atoms with Crippen LogP contribution in [0, 0.1) is 0 Å². The fourth-order valence-electron chi connectivity index (χ4n) is 1.14. The molecule has 0 aliphatic carbocycles. The van der Waals surface area contributed by atoms with E-state index in [-0.39, 0.29) is 11.7 Å². The van der Waals surface area contributed by atoms with Gasteiger partial charge in [-0.1, -0.05) is 23.2 Å². The lowest BCUT2D eigenvalue weighted by atomic mass is 10.2. The van der Waals surface area contributed by atoms with Crippen molar-refractivity contribution in [3.63, 3.8) is 0 Å². The first-order chi connectivity index (χ1) is 8.50. The van der Waals surface area contributed by atoms with E-state index in [1.54, 1.807) is 12.1 Å². The molecule has 0 aliphatic rings. The summed E-state index contributed by atoms with van der Waals surface area (Å²) in [7, 11) is 0. The van der Waals surface area contributed by atoms with Gasteiger partial charge in [0.2, 0.25) is 0 Å². The highest BCUT2D eigenvalue weighted by Gasteiger charge is 2.07. The number of nitrogens with one attached hydrogen (secondary N) is 1. The Labute approximate surface area is 119 Å². The maximum Gasteiger partial charge on any atom is 0.313 e. The minimum absolute atomic E-state index is 0.0304. The molecule has 0 bridgehead atoms. The van der Waals surface area contributed by atoms with Crippen LogP contribution in [0.4, 0.5) is 0 Å². The van der Waals surface area contributed by atoms with Gasteiger partial charge in [0.05, 0.1) is 15.8 Å². The summed E-state index contributed by atoms with van der Waals surface area (Å²) in [5.74, 6) is -0.553. The van der Waals surface area contributed by atoms with Crippen molar-refractivity contribution in [1.82, 2.24) is 5.32 Å². The number of rotatable bonds is 6. The lowest BCUT2D eigenvalue weighted by Crippen LogP contribution is -2.26. The molecule has 1 amide bonds. The van der Waals surface area contributed by atoms with Gasteiger partial charge < -0.3 is 10.4 Å². The molecule has 2 N–H and O–H groups in total. The number of hydrogen-bond donors (Lipinski definition) is 2. The minimum atomic E-state index is -0.865. The molecule has 7 heteroatoms. The molecule has 0 spiro atoms. The summed E-state index contributed by atoms with van der Waals surface area (Å²) in [5.41, 5.74) is 0.424. The zero-order valence-corrected chi connectivity index (χ0v) is 11.6. The van der Waals surface area contributed by atoms with E-state index < -0.39 is 5.97 Å². The highest BCUT2D eigenvalue weighted by Crippen LogP contribution is 2.22.